The van der Waals surface area contributed by atoms with Crippen LogP contribution in [0.4, 0.5) is 17.1 Å². The number of hydrogen-bond acceptors (Lipinski definition) is 3. The van der Waals surface area contributed by atoms with Crippen LogP contribution in [0.15, 0.2) is 64.8 Å². The Morgan fingerprint density at radius 2 is 1.47 bits per heavy atom. The molecule has 1 amide bonds. The predicted octanol–water partition coefficient (Wildman–Crippen LogP) is 4.61. The molecule has 0 atom stereocenters. The fourth-order valence-corrected chi connectivity index (χ4v) is 1.55. The third-order valence-corrected chi connectivity index (χ3v) is 2.82. The van der Waals surface area contributed by atoms with E-state index in [1.807, 2.05) is 30.3 Å². The summed E-state index contributed by atoms with van der Waals surface area (Å²) in [7, 11) is 0. The zero-order chi connectivity index (χ0) is 13.7. The Labute approximate surface area is 116 Å². The Hall–Kier alpha value is -2.20. The molecule has 0 N–H and O–H groups in total. The fourth-order valence-electron chi connectivity index (χ4n) is 1.44. The van der Waals surface area contributed by atoms with Crippen LogP contribution in [-0.2, 0) is 4.79 Å². The number of anilines is 1. The van der Waals surface area contributed by atoms with Gasteiger partial charge < -0.3 is 0 Å². The van der Waals surface area contributed by atoms with E-state index in [1.54, 1.807) is 24.3 Å². The topological polar surface area (TPSA) is 45.0 Å². The highest BCUT2D eigenvalue weighted by molar-refractivity contribution is 6.36. The molecule has 0 aliphatic heterocycles. The molecule has 96 valence electrons. The van der Waals surface area contributed by atoms with Crippen molar-refractivity contribution < 1.29 is 4.79 Å². The minimum Gasteiger partial charge on any atom is -0.274 e. The number of carbonyl (C=O) groups is 1. The van der Waals surface area contributed by atoms with E-state index in [0.717, 1.165) is 10.1 Å². The highest BCUT2D eigenvalue weighted by Crippen LogP contribution is 2.23. The largest absolute Gasteiger partial charge is 0.274 e. The number of hydrogen-bond donors (Lipinski definition) is 0. The molecule has 0 spiro atoms. The summed E-state index contributed by atoms with van der Waals surface area (Å²) in [5, 5.41) is 8.20. The number of nitrogens with zero attached hydrogens (tertiary/aromatic N) is 3. The van der Waals surface area contributed by atoms with E-state index < -0.39 is 0 Å². The summed E-state index contributed by atoms with van der Waals surface area (Å²) >= 11 is 5.80. The van der Waals surface area contributed by atoms with E-state index in [2.05, 4.69) is 10.2 Å². The molecule has 0 saturated heterocycles. The smallest absolute Gasteiger partial charge is 0.238 e. The molecule has 0 bridgehead atoms. The molecule has 0 aromatic heterocycles. The summed E-state index contributed by atoms with van der Waals surface area (Å²) < 4.78 is 1.05. The second kappa shape index (κ2) is 6.11. The average molecular weight is 274 g/mol. The lowest BCUT2D eigenvalue weighted by molar-refractivity contribution is -0.115. The minimum absolute atomic E-state index is 0.236. The average Bonchev–Trinajstić information content (AvgIpc) is 2.46. The Bertz CT molecular complexity index is 581. The highest BCUT2D eigenvalue weighted by Gasteiger charge is 2.07. The Morgan fingerprint density at radius 1 is 0.947 bits per heavy atom. The summed E-state index contributed by atoms with van der Waals surface area (Å²) in [6, 6.07) is 16.4. The maximum Gasteiger partial charge on any atom is 0.238 e. The van der Waals surface area contributed by atoms with Gasteiger partial charge in [-0.2, -0.15) is 10.2 Å². The van der Waals surface area contributed by atoms with Crippen LogP contribution in [-0.4, -0.2) is 5.91 Å². The number of azo groups is 1. The van der Waals surface area contributed by atoms with Gasteiger partial charge in [0.25, 0.3) is 0 Å². The second-order valence-electron chi connectivity index (χ2n) is 3.85. The maximum absolute atomic E-state index is 11.1. The number of halogens is 1. The quantitative estimate of drug-likeness (QED) is 0.595. The molecule has 0 saturated carbocycles. The van der Waals surface area contributed by atoms with Gasteiger partial charge in [0, 0.05) is 18.7 Å². The first-order valence-electron chi connectivity index (χ1n) is 5.70. The normalized spacial score (nSPS) is 10.6. The van der Waals surface area contributed by atoms with E-state index in [0.29, 0.717) is 11.4 Å². The Kier molecular flexibility index (Phi) is 4.26. The molecule has 5 heteroatoms. The van der Waals surface area contributed by atoms with Gasteiger partial charge in [0.1, 0.15) is 0 Å². The van der Waals surface area contributed by atoms with E-state index in [4.69, 9.17) is 11.8 Å². The lowest BCUT2D eigenvalue weighted by Crippen LogP contribution is -2.15. The van der Waals surface area contributed by atoms with Crippen molar-refractivity contribution in [3.05, 3.63) is 54.6 Å². The predicted molar refractivity (Wildman–Crippen MR) is 76.1 cm³/mol. The van der Waals surface area contributed by atoms with Crippen LogP contribution < -0.4 is 4.42 Å². The summed E-state index contributed by atoms with van der Waals surface area (Å²) in [5.41, 5.74) is 2.09. The molecule has 2 aromatic rings. The van der Waals surface area contributed by atoms with Gasteiger partial charge in [0.05, 0.1) is 17.1 Å². The first-order valence-corrected chi connectivity index (χ1v) is 6.04. The highest BCUT2D eigenvalue weighted by atomic mass is 35.5. The zero-order valence-corrected chi connectivity index (χ0v) is 11.1. The molecule has 0 aliphatic carbocycles. The molecule has 19 heavy (non-hydrogen) atoms. The van der Waals surface area contributed by atoms with Gasteiger partial charge in [-0.05, 0) is 36.4 Å². The van der Waals surface area contributed by atoms with Gasteiger partial charge in [0.15, 0.2) is 0 Å². The molecule has 0 radical (unpaired) electrons. The second-order valence-corrected chi connectivity index (χ2v) is 4.19. The fraction of sp³-hybridized carbons (Fsp3) is 0.0714. The van der Waals surface area contributed by atoms with E-state index >= 15 is 0 Å². The van der Waals surface area contributed by atoms with Crippen molar-refractivity contribution in [1.29, 1.82) is 0 Å². The lowest BCUT2D eigenvalue weighted by atomic mass is 10.3. The van der Waals surface area contributed by atoms with Gasteiger partial charge in [-0.3, -0.25) is 4.79 Å². The van der Waals surface area contributed by atoms with Crippen LogP contribution >= 0.6 is 11.8 Å². The van der Waals surface area contributed by atoms with Crippen molar-refractivity contribution in [3.8, 4) is 0 Å². The van der Waals surface area contributed by atoms with Gasteiger partial charge >= 0.3 is 0 Å². The SMILES string of the molecule is CC(=O)N(Cl)c1ccc(N=Nc2ccccc2)cc1. The first-order chi connectivity index (χ1) is 9.16. The molecule has 4 nitrogen and oxygen atoms in total. The van der Waals surface area contributed by atoms with Crippen LogP contribution in [0.25, 0.3) is 0 Å². The standard InChI is InChI=1S/C14H12ClN3O/c1-11(19)18(15)14-9-7-13(8-10-14)17-16-12-5-3-2-4-6-12/h2-10H,1H3. The zero-order valence-electron chi connectivity index (χ0n) is 10.3. The molecule has 0 unspecified atom stereocenters. The number of benzene rings is 2. The van der Waals surface area contributed by atoms with Gasteiger partial charge in [-0.1, -0.05) is 18.2 Å². The molecular weight excluding hydrogens is 262 g/mol. The van der Waals surface area contributed by atoms with Gasteiger partial charge in [0.2, 0.25) is 5.91 Å². The van der Waals surface area contributed by atoms with Crippen LogP contribution in [0.2, 0.25) is 0 Å². The van der Waals surface area contributed by atoms with Gasteiger partial charge in [-0.15, -0.1) is 0 Å². The van der Waals surface area contributed by atoms with E-state index in [1.165, 1.54) is 6.92 Å². The van der Waals surface area contributed by atoms with Gasteiger partial charge in [-0.25, -0.2) is 4.42 Å². The first kappa shape index (κ1) is 13.2. The van der Waals surface area contributed by atoms with Crippen molar-refractivity contribution in [3.63, 3.8) is 0 Å². The van der Waals surface area contributed by atoms with Crippen molar-refractivity contribution >= 4 is 34.7 Å². The number of carbonyl (C=O) groups excluding carboxylic acids is 1. The molecule has 2 rings (SSSR count). The minimum atomic E-state index is -0.236. The van der Waals surface area contributed by atoms with Crippen molar-refractivity contribution in [2.45, 2.75) is 6.92 Å². The summed E-state index contributed by atoms with van der Waals surface area (Å²) in [4.78, 5) is 11.1. The van der Waals surface area contributed by atoms with Crippen LogP contribution in [0.3, 0.4) is 0 Å². The molecule has 0 fully saturated rings. The summed E-state index contributed by atoms with van der Waals surface area (Å²) in [6.45, 7) is 1.40. The van der Waals surface area contributed by atoms with Crippen LogP contribution in [0, 0.1) is 0 Å². The van der Waals surface area contributed by atoms with E-state index in [9.17, 15) is 4.79 Å². The monoisotopic (exact) mass is 273 g/mol. The molecular formula is C14H12ClN3O. The molecule has 0 aliphatic rings. The van der Waals surface area contributed by atoms with Crippen LogP contribution in [0.5, 0.6) is 0 Å². The van der Waals surface area contributed by atoms with Crippen molar-refractivity contribution in [2.75, 3.05) is 4.42 Å². The van der Waals surface area contributed by atoms with Crippen LogP contribution in [0.1, 0.15) is 6.92 Å². The number of rotatable bonds is 3. The number of amides is 1. The molecule has 2 aromatic carbocycles. The maximum atomic E-state index is 11.1. The third-order valence-electron chi connectivity index (χ3n) is 2.39. The lowest BCUT2D eigenvalue weighted by Gasteiger charge is -2.10. The van der Waals surface area contributed by atoms with Crippen molar-refractivity contribution in [1.82, 2.24) is 0 Å². The third kappa shape index (κ3) is 3.63. The summed E-state index contributed by atoms with van der Waals surface area (Å²) in [6.07, 6.45) is 0. The van der Waals surface area contributed by atoms with E-state index in [-0.39, 0.29) is 5.91 Å². The Balaban J connectivity index is 2.11. The van der Waals surface area contributed by atoms with Crippen molar-refractivity contribution in [2.24, 2.45) is 10.2 Å². The molecule has 0 heterocycles. The Morgan fingerprint density at radius 3 is 2.00 bits per heavy atom. The summed E-state index contributed by atoms with van der Waals surface area (Å²) in [5.74, 6) is -0.236.